The Balaban J connectivity index is 2.20. The van der Waals surface area contributed by atoms with Crippen molar-refractivity contribution in [2.75, 3.05) is 6.54 Å². The average Bonchev–Trinajstić information content (AvgIpc) is 3.41. The zero-order valence-corrected chi connectivity index (χ0v) is 22.1. The van der Waals surface area contributed by atoms with Gasteiger partial charge in [-0.05, 0) is 31.7 Å². The second-order valence-corrected chi connectivity index (χ2v) is 9.21. The molecular formula is C25H37N9O6. The van der Waals surface area contributed by atoms with E-state index in [-0.39, 0.29) is 38.2 Å². The summed E-state index contributed by atoms with van der Waals surface area (Å²) in [7, 11) is 0. The Morgan fingerprint density at radius 3 is 2.23 bits per heavy atom. The van der Waals surface area contributed by atoms with E-state index in [9.17, 15) is 29.4 Å². The van der Waals surface area contributed by atoms with Gasteiger partial charge in [-0.1, -0.05) is 30.3 Å². The number of hydrogen-bond acceptors (Lipinski definition) is 8. The lowest BCUT2D eigenvalue weighted by atomic mass is 10.0. The van der Waals surface area contributed by atoms with E-state index in [0.29, 0.717) is 5.69 Å². The topological polar surface area (TPSA) is 264 Å². The zero-order chi connectivity index (χ0) is 29.7. The molecule has 40 heavy (non-hydrogen) atoms. The Morgan fingerprint density at radius 1 is 1.00 bits per heavy atom. The summed E-state index contributed by atoms with van der Waals surface area (Å²) >= 11 is 0. The van der Waals surface area contributed by atoms with Gasteiger partial charge in [-0.15, -0.1) is 0 Å². The number of nitrogens with zero attached hydrogens (tertiary/aromatic N) is 2. The number of guanidine groups is 1. The molecule has 1 aromatic heterocycles. The van der Waals surface area contributed by atoms with Crippen molar-refractivity contribution >= 4 is 29.7 Å². The van der Waals surface area contributed by atoms with Crippen LogP contribution in [0.5, 0.6) is 0 Å². The number of aromatic amines is 1. The lowest BCUT2D eigenvalue weighted by Crippen LogP contribution is -2.58. The quantitative estimate of drug-likeness (QED) is 0.0592. The van der Waals surface area contributed by atoms with Crippen molar-refractivity contribution in [3.8, 4) is 0 Å². The van der Waals surface area contributed by atoms with Gasteiger partial charge in [-0.3, -0.25) is 19.4 Å². The largest absolute Gasteiger partial charge is 0.480 e. The van der Waals surface area contributed by atoms with Gasteiger partial charge < -0.3 is 48.3 Å². The molecule has 1 aromatic carbocycles. The predicted octanol–water partition coefficient (Wildman–Crippen LogP) is -2.50. The lowest BCUT2D eigenvalue weighted by molar-refractivity contribution is -0.145. The Bertz CT molecular complexity index is 1140. The third-order valence-electron chi connectivity index (χ3n) is 5.87. The first-order valence-corrected chi connectivity index (χ1v) is 12.6. The normalized spacial score (nSPS) is 14.6. The van der Waals surface area contributed by atoms with Crippen LogP contribution in [-0.4, -0.2) is 86.6 Å². The molecule has 2 aromatic rings. The van der Waals surface area contributed by atoms with E-state index in [0.717, 1.165) is 5.56 Å². The maximum absolute atomic E-state index is 13.4. The van der Waals surface area contributed by atoms with Crippen LogP contribution in [0.4, 0.5) is 0 Å². The van der Waals surface area contributed by atoms with Crippen molar-refractivity contribution in [1.29, 1.82) is 0 Å². The minimum atomic E-state index is -1.61. The highest BCUT2D eigenvalue weighted by Crippen LogP contribution is 2.07. The molecule has 0 bridgehead atoms. The Kier molecular flexibility index (Phi) is 12.5. The van der Waals surface area contributed by atoms with E-state index >= 15 is 0 Å². The van der Waals surface area contributed by atoms with Gasteiger partial charge in [0.1, 0.15) is 12.1 Å². The Morgan fingerprint density at radius 2 is 1.65 bits per heavy atom. The maximum atomic E-state index is 13.4. The SMILES string of the molecule is CC(O)C(NC(=O)C(CCCN=C(N)N)NC(=O)C(Cc1cnc[nH]1)NC(=O)C(N)Cc1ccccc1)C(=O)O. The Labute approximate surface area is 231 Å². The average molecular weight is 560 g/mol. The van der Waals surface area contributed by atoms with Crippen molar-refractivity contribution in [3.05, 3.63) is 54.1 Å². The molecule has 15 nitrogen and oxygen atoms in total. The number of carboxylic acids is 1. The van der Waals surface area contributed by atoms with Crippen molar-refractivity contribution in [2.24, 2.45) is 22.2 Å². The number of aromatic nitrogens is 2. The molecule has 0 saturated carbocycles. The lowest BCUT2D eigenvalue weighted by Gasteiger charge is -2.25. The number of nitrogens with one attached hydrogen (secondary N) is 4. The number of hydrogen-bond donors (Lipinski definition) is 9. The summed E-state index contributed by atoms with van der Waals surface area (Å²) in [5, 5.41) is 26.5. The molecule has 0 saturated heterocycles. The number of aliphatic carboxylic acids is 1. The van der Waals surface area contributed by atoms with Crippen molar-refractivity contribution in [3.63, 3.8) is 0 Å². The number of imidazole rings is 1. The number of rotatable bonds is 16. The Hall–Kier alpha value is -4.50. The van der Waals surface area contributed by atoms with E-state index in [1.54, 1.807) is 0 Å². The fraction of sp³-hybridized carbons (Fsp3) is 0.440. The zero-order valence-electron chi connectivity index (χ0n) is 22.1. The van der Waals surface area contributed by atoms with Crippen LogP contribution < -0.4 is 33.2 Å². The first-order valence-electron chi connectivity index (χ1n) is 12.6. The molecule has 12 N–H and O–H groups in total. The van der Waals surface area contributed by atoms with Crippen molar-refractivity contribution in [1.82, 2.24) is 25.9 Å². The van der Waals surface area contributed by atoms with Gasteiger partial charge in [0.2, 0.25) is 17.7 Å². The van der Waals surface area contributed by atoms with E-state index in [2.05, 4.69) is 30.9 Å². The van der Waals surface area contributed by atoms with E-state index in [1.807, 2.05) is 30.3 Å². The molecule has 5 atom stereocenters. The van der Waals surface area contributed by atoms with Gasteiger partial charge in [0.05, 0.1) is 18.5 Å². The van der Waals surface area contributed by atoms with Crippen LogP contribution in [0.1, 0.15) is 31.0 Å². The van der Waals surface area contributed by atoms with Crippen LogP contribution in [0.2, 0.25) is 0 Å². The highest BCUT2D eigenvalue weighted by molar-refractivity contribution is 5.94. The number of nitrogens with two attached hydrogens (primary N) is 3. The molecule has 1 heterocycles. The van der Waals surface area contributed by atoms with Gasteiger partial charge in [0.25, 0.3) is 0 Å². The summed E-state index contributed by atoms with van der Waals surface area (Å²) < 4.78 is 0. The number of H-pyrrole nitrogens is 1. The number of benzene rings is 1. The minimum Gasteiger partial charge on any atom is -0.480 e. The molecule has 3 amide bonds. The molecule has 15 heteroatoms. The molecule has 0 aliphatic carbocycles. The van der Waals surface area contributed by atoms with Gasteiger partial charge in [-0.25, -0.2) is 9.78 Å². The van der Waals surface area contributed by atoms with Gasteiger partial charge in [0.15, 0.2) is 12.0 Å². The molecular weight excluding hydrogens is 522 g/mol. The van der Waals surface area contributed by atoms with E-state index < -0.39 is 54.0 Å². The molecule has 0 radical (unpaired) electrons. The van der Waals surface area contributed by atoms with E-state index in [1.165, 1.54) is 19.4 Å². The fourth-order valence-corrected chi connectivity index (χ4v) is 3.75. The molecule has 218 valence electrons. The minimum absolute atomic E-state index is 0.00337. The number of aliphatic hydroxyl groups is 1. The molecule has 0 fully saturated rings. The van der Waals surface area contributed by atoms with Gasteiger partial charge >= 0.3 is 5.97 Å². The molecule has 0 aliphatic rings. The van der Waals surface area contributed by atoms with Crippen LogP contribution in [-0.2, 0) is 32.0 Å². The first-order chi connectivity index (χ1) is 19.0. The standard InChI is InChI=1S/C25H37N9O6/c1-14(35)20(24(39)40)34-22(37)18(8-5-9-30-25(27)28)32-23(38)19(11-16-12-29-13-31-16)33-21(36)17(26)10-15-6-3-2-4-7-15/h2-4,6-7,12-14,17-20,35H,5,8-11,26H2,1H3,(H,29,31)(H,32,38)(H,33,36)(H,34,37)(H,39,40)(H4,27,28,30). The van der Waals surface area contributed by atoms with Crippen LogP contribution >= 0.6 is 0 Å². The highest BCUT2D eigenvalue weighted by atomic mass is 16.4. The summed E-state index contributed by atoms with van der Waals surface area (Å²) in [4.78, 5) is 61.4. The summed E-state index contributed by atoms with van der Waals surface area (Å²) in [5.74, 6) is -3.76. The first kappa shape index (κ1) is 31.7. The number of carbonyl (C=O) groups excluding carboxylic acids is 3. The summed E-state index contributed by atoms with van der Waals surface area (Å²) in [6.07, 6.45) is 2.00. The van der Waals surface area contributed by atoms with Gasteiger partial charge in [-0.2, -0.15) is 0 Å². The smallest absolute Gasteiger partial charge is 0.328 e. The van der Waals surface area contributed by atoms with Crippen LogP contribution in [0.25, 0.3) is 0 Å². The summed E-state index contributed by atoms with van der Waals surface area (Å²) in [5.41, 5.74) is 18.1. The molecule has 2 rings (SSSR count). The van der Waals surface area contributed by atoms with Crippen LogP contribution in [0, 0.1) is 0 Å². The maximum Gasteiger partial charge on any atom is 0.328 e. The summed E-state index contributed by atoms with van der Waals surface area (Å²) in [6, 6.07) is 4.16. The van der Waals surface area contributed by atoms with Crippen LogP contribution in [0.15, 0.2) is 47.8 Å². The monoisotopic (exact) mass is 559 g/mol. The second kappa shape index (κ2) is 15.8. The third-order valence-corrected chi connectivity index (χ3v) is 5.87. The number of carboxylic acid groups (broad SMARTS) is 1. The van der Waals surface area contributed by atoms with Crippen LogP contribution in [0.3, 0.4) is 0 Å². The number of carbonyl (C=O) groups is 4. The number of aliphatic hydroxyl groups excluding tert-OH is 1. The van der Waals surface area contributed by atoms with Gasteiger partial charge in [0, 0.05) is 24.9 Å². The van der Waals surface area contributed by atoms with Crippen molar-refractivity contribution in [2.45, 2.75) is 62.9 Å². The summed E-state index contributed by atoms with van der Waals surface area (Å²) in [6.45, 7) is 1.35. The molecule has 5 unspecified atom stereocenters. The van der Waals surface area contributed by atoms with E-state index in [4.69, 9.17) is 17.2 Å². The highest BCUT2D eigenvalue weighted by Gasteiger charge is 2.32. The predicted molar refractivity (Wildman–Crippen MR) is 145 cm³/mol. The fourth-order valence-electron chi connectivity index (χ4n) is 3.75. The molecule has 0 spiro atoms. The number of amides is 3. The second-order valence-electron chi connectivity index (χ2n) is 9.21. The molecule has 0 aliphatic heterocycles. The third kappa shape index (κ3) is 10.7. The van der Waals surface area contributed by atoms with Crippen molar-refractivity contribution < 1.29 is 29.4 Å². The number of aliphatic imine (C=N–C) groups is 1.